The molecule has 182 valence electrons. The molecule has 0 atom stereocenters. The second kappa shape index (κ2) is 9.04. The molecule has 0 aliphatic carbocycles. The number of aromatic nitrogens is 5. The Labute approximate surface area is 195 Å². The molecule has 35 heavy (non-hydrogen) atoms. The zero-order valence-electron chi connectivity index (χ0n) is 18.1. The fourth-order valence-corrected chi connectivity index (χ4v) is 3.48. The zero-order chi connectivity index (χ0) is 25.3. The van der Waals surface area contributed by atoms with Crippen molar-refractivity contribution >= 4 is 28.9 Å². The van der Waals surface area contributed by atoms with Crippen LogP contribution in [0.15, 0.2) is 42.6 Å². The number of nitrogens with zero attached hydrogens (tertiary/aromatic N) is 6. The number of alkyl halides is 3. The number of methoxy groups -OCH3 is 1. The van der Waals surface area contributed by atoms with E-state index in [0.717, 1.165) is 7.11 Å². The van der Waals surface area contributed by atoms with E-state index in [0.29, 0.717) is 16.9 Å². The SMILES string of the molecule is COC(=O)N(CC(F)(F)F)c1c(N)nc(-c2nc(Cc3ccccc3F)n3ncccc23)nc1N. The van der Waals surface area contributed by atoms with Crippen LogP contribution in [0.1, 0.15) is 11.4 Å². The van der Waals surface area contributed by atoms with Crippen LogP contribution in [0.2, 0.25) is 0 Å². The van der Waals surface area contributed by atoms with E-state index in [1.165, 1.54) is 16.8 Å². The summed E-state index contributed by atoms with van der Waals surface area (Å²) < 4.78 is 59.3. The van der Waals surface area contributed by atoms with Crippen molar-refractivity contribution in [1.29, 1.82) is 0 Å². The summed E-state index contributed by atoms with van der Waals surface area (Å²) >= 11 is 0. The van der Waals surface area contributed by atoms with E-state index in [-0.39, 0.29) is 22.8 Å². The number of imidazole rings is 1. The minimum Gasteiger partial charge on any atom is -0.452 e. The summed E-state index contributed by atoms with van der Waals surface area (Å²) in [5, 5.41) is 4.24. The van der Waals surface area contributed by atoms with E-state index >= 15 is 0 Å². The van der Waals surface area contributed by atoms with Crippen molar-refractivity contribution in [3.63, 3.8) is 0 Å². The maximum absolute atomic E-state index is 14.2. The van der Waals surface area contributed by atoms with Crippen LogP contribution in [0.5, 0.6) is 0 Å². The summed E-state index contributed by atoms with van der Waals surface area (Å²) in [6.07, 6.45) is -4.54. The van der Waals surface area contributed by atoms with Gasteiger partial charge in [-0.3, -0.25) is 4.90 Å². The van der Waals surface area contributed by atoms with Gasteiger partial charge in [-0.2, -0.15) is 18.3 Å². The summed E-state index contributed by atoms with van der Waals surface area (Å²) in [6.45, 7) is -1.72. The molecule has 4 N–H and O–H groups in total. The second-order valence-corrected chi connectivity index (χ2v) is 7.30. The van der Waals surface area contributed by atoms with Gasteiger partial charge in [-0.1, -0.05) is 18.2 Å². The number of amides is 1. The molecule has 0 fully saturated rings. The van der Waals surface area contributed by atoms with Gasteiger partial charge in [-0.25, -0.2) is 28.7 Å². The zero-order valence-corrected chi connectivity index (χ0v) is 18.1. The van der Waals surface area contributed by atoms with Crippen molar-refractivity contribution in [2.75, 3.05) is 30.0 Å². The first-order valence-electron chi connectivity index (χ1n) is 10.0. The molecular formula is C21H18F4N8O2. The Kier molecular flexibility index (Phi) is 6.11. The van der Waals surface area contributed by atoms with Crippen molar-refractivity contribution in [3.8, 4) is 11.5 Å². The molecule has 10 nitrogen and oxygen atoms in total. The van der Waals surface area contributed by atoms with Gasteiger partial charge in [0.05, 0.1) is 12.6 Å². The quantitative estimate of drug-likeness (QED) is 0.407. The highest BCUT2D eigenvalue weighted by molar-refractivity contribution is 5.95. The Morgan fingerprint density at radius 3 is 2.40 bits per heavy atom. The molecule has 14 heteroatoms. The number of nitrogens with two attached hydrogens (primary N) is 2. The van der Waals surface area contributed by atoms with Gasteiger partial charge in [0, 0.05) is 12.6 Å². The van der Waals surface area contributed by atoms with Crippen molar-refractivity contribution < 1.29 is 27.1 Å². The molecule has 0 radical (unpaired) electrons. The molecule has 4 aromatic rings. The number of ether oxygens (including phenoxy) is 1. The topological polar surface area (TPSA) is 138 Å². The number of carbonyl (C=O) groups excluding carboxylic acids is 1. The largest absolute Gasteiger partial charge is 0.452 e. The highest BCUT2D eigenvalue weighted by atomic mass is 19.4. The predicted octanol–water partition coefficient (Wildman–Crippen LogP) is 3.22. The number of halogens is 4. The second-order valence-electron chi connectivity index (χ2n) is 7.30. The van der Waals surface area contributed by atoms with Crippen LogP contribution in [0.25, 0.3) is 17.0 Å². The minimum atomic E-state index is -4.78. The van der Waals surface area contributed by atoms with Crippen LogP contribution >= 0.6 is 0 Å². The number of carbonyl (C=O) groups is 1. The molecule has 3 aromatic heterocycles. The van der Waals surface area contributed by atoms with Gasteiger partial charge in [-0.05, 0) is 23.8 Å². The van der Waals surface area contributed by atoms with E-state index in [4.69, 9.17) is 11.5 Å². The van der Waals surface area contributed by atoms with Gasteiger partial charge < -0.3 is 16.2 Å². The Balaban J connectivity index is 1.81. The predicted molar refractivity (Wildman–Crippen MR) is 118 cm³/mol. The first-order valence-corrected chi connectivity index (χ1v) is 10.0. The summed E-state index contributed by atoms with van der Waals surface area (Å²) in [6, 6.07) is 9.42. The third kappa shape index (κ3) is 4.76. The molecule has 0 aliphatic rings. The molecule has 0 aliphatic heterocycles. The lowest BCUT2D eigenvalue weighted by Gasteiger charge is -2.24. The Morgan fingerprint density at radius 2 is 1.77 bits per heavy atom. The lowest BCUT2D eigenvalue weighted by molar-refractivity contribution is -0.119. The maximum Gasteiger partial charge on any atom is 0.414 e. The van der Waals surface area contributed by atoms with Crippen LogP contribution in [-0.4, -0.2) is 50.5 Å². The molecular weight excluding hydrogens is 472 g/mol. The number of hydrogen-bond acceptors (Lipinski definition) is 8. The van der Waals surface area contributed by atoms with Crippen LogP contribution in [0, 0.1) is 5.82 Å². The lowest BCUT2D eigenvalue weighted by Crippen LogP contribution is -2.40. The first kappa shape index (κ1) is 23.7. The van der Waals surface area contributed by atoms with Crippen LogP contribution in [0.3, 0.4) is 0 Å². The standard InChI is InChI=1S/C21H18F4N8O2/c1-35-20(34)32(10-21(23,24)25)16-17(26)30-19(31-18(16)27)15-13-7-4-8-28-33(13)14(29-15)9-11-5-2-3-6-12(11)22/h2-8H,9-10H2,1H3,(H4,26,27,30,31). The van der Waals surface area contributed by atoms with E-state index in [2.05, 4.69) is 24.8 Å². The number of nitrogen functional groups attached to an aromatic ring is 2. The van der Waals surface area contributed by atoms with E-state index in [1.807, 2.05) is 0 Å². The van der Waals surface area contributed by atoms with Gasteiger partial charge in [0.15, 0.2) is 17.5 Å². The smallest absolute Gasteiger partial charge is 0.414 e. The number of hydrogen-bond donors (Lipinski definition) is 2. The fraction of sp³-hybridized carbons (Fsp3) is 0.190. The normalized spacial score (nSPS) is 11.6. The summed E-state index contributed by atoms with van der Waals surface area (Å²) in [5.74, 6) is -1.20. The number of benzene rings is 1. The molecule has 1 aromatic carbocycles. The lowest BCUT2D eigenvalue weighted by atomic mass is 10.1. The van der Waals surface area contributed by atoms with Gasteiger partial charge >= 0.3 is 12.3 Å². The van der Waals surface area contributed by atoms with E-state index in [9.17, 15) is 22.4 Å². The van der Waals surface area contributed by atoms with Crippen LogP contribution in [0.4, 0.5) is 39.7 Å². The summed E-state index contributed by atoms with van der Waals surface area (Å²) in [5.41, 5.74) is 12.2. The Bertz CT molecular complexity index is 1380. The summed E-state index contributed by atoms with van der Waals surface area (Å²) in [4.78, 5) is 24.8. The third-order valence-corrected chi connectivity index (χ3v) is 4.94. The maximum atomic E-state index is 14.2. The minimum absolute atomic E-state index is 0.0790. The number of anilines is 3. The molecule has 0 unspecified atom stereocenters. The van der Waals surface area contributed by atoms with Crippen molar-refractivity contribution in [2.24, 2.45) is 0 Å². The first-order chi connectivity index (χ1) is 16.6. The Morgan fingerprint density at radius 1 is 1.09 bits per heavy atom. The van der Waals surface area contributed by atoms with Crippen LogP contribution < -0.4 is 16.4 Å². The van der Waals surface area contributed by atoms with Crippen molar-refractivity contribution in [1.82, 2.24) is 24.6 Å². The molecule has 0 saturated carbocycles. The molecule has 0 spiro atoms. The number of rotatable bonds is 5. The average molecular weight is 490 g/mol. The molecule has 0 saturated heterocycles. The highest BCUT2D eigenvalue weighted by Crippen LogP contribution is 2.34. The van der Waals surface area contributed by atoms with E-state index < -0.39 is 42.0 Å². The van der Waals surface area contributed by atoms with Gasteiger partial charge in [-0.15, -0.1) is 0 Å². The van der Waals surface area contributed by atoms with Gasteiger partial charge in [0.25, 0.3) is 0 Å². The van der Waals surface area contributed by atoms with Crippen molar-refractivity contribution in [2.45, 2.75) is 12.6 Å². The fourth-order valence-electron chi connectivity index (χ4n) is 3.48. The molecule has 4 rings (SSSR count). The highest BCUT2D eigenvalue weighted by Gasteiger charge is 2.37. The summed E-state index contributed by atoms with van der Waals surface area (Å²) in [7, 11) is 0.911. The van der Waals surface area contributed by atoms with Crippen molar-refractivity contribution in [3.05, 3.63) is 59.8 Å². The third-order valence-electron chi connectivity index (χ3n) is 4.94. The Hall–Kier alpha value is -4.49. The van der Waals surface area contributed by atoms with Gasteiger partial charge in [0.2, 0.25) is 0 Å². The number of fused-ring (bicyclic) bond motifs is 1. The average Bonchev–Trinajstić information content (AvgIpc) is 3.16. The monoisotopic (exact) mass is 490 g/mol. The molecule has 0 bridgehead atoms. The van der Waals surface area contributed by atoms with E-state index in [1.54, 1.807) is 30.3 Å². The molecule has 3 heterocycles. The molecule has 1 amide bonds. The van der Waals surface area contributed by atoms with Crippen LogP contribution in [-0.2, 0) is 11.2 Å². The van der Waals surface area contributed by atoms with Gasteiger partial charge in [0.1, 0.15) is 29.6 Å².